The van der Waals surface area contributed by atoms with Gasteiger partial charge in [-0.2, -0.15) is 0 Å². The molecule has 1 fully saturated rings. The first-order valence-corrected chi connectivity index (χ1v) is 9.60. The van der Waals surface area contributed by atoms with Crippen LogP contribution in [0.15, 0.2) is 28.2 Å². The summed E-state index contributed by atoms with van der Waals surface area (Å²) in [4.78, 5) is 31.3. The van der Waals surface area contributed by atoms with E-state index >= 15 is 0 Å². The average molecular weight is 377 g/mol. The Hall–Kier alpha value is -2.19. The van der Waals surface area contributed by atoms with Crippen LogP contribution in [0.4, 0.5) is 0 Å². The Morgan fingerprint density at radius 1 is 1.42 bits per heavy atom. The lowest BCUT2D eigenvalue weighted by atomic mass is 10.1. The molecule has 0 saturated carbocycles. The summed E-state index contributed by atoms with van der Waals surface area (Å²) in [5, 5.41) is 12.0. The fraction of sp³-hybridized carbons (Fsp3) is 0.500. The summed E-state index contributed by atoms with van der Waals surface area (Å²) >= 11 is 1.57. The number of aliphatic carboxylic acids is 1. The monoisotopic (exact) mass is 377 g/mol. The number of likely N-dealkylation sites (tertiary alicyclic amines) is 1. The third kappa shape index (κ3) is 4.70. The SMILES string of the molecule is CC(=O)N(CC(=O)O)C1CCCN(Cc2csc(-c3ccco3)n2)CC1. The zero-order valence-corrected chi connectivity index (χ0v) is 15.6. The molecule has 140 valence electrons. The van der Waals surface area contributed by atoms with Crippen LogP contribution >= 0.6 is 11.3 Å². The summed E-state index contributed by atoms with van der Waals surface area (Å²) in [5.74, 6) is -0.356. The number of carbonyl (C=O) groups is 2. The molecule has 8 heteroatoms. The third-order valence-electron chi connectivity index (χ3n) is 4.61. The fourth-order valence-electron chi connectivity index (χ4n) is 3.37. The summed E-state index contributed by atoms with van der Waals surface area (Å²) in [6, 6.07) is 3.74. The van der Waals surface area contributed by atoms with Crippen molar-refractivity contribution < 1.29 is 19.1 Å². The smallest absolute Gasteiger partial charge is 0.323 e. The van der Waals surface area contributed by atoms with Gasteiger partial charge in [0, 0.05) is 31.4 Å². The number of thiazole rings is 1. The second kappa shape index (κ2) is 8.46. The molecule has 2 aromatic rings. The van der Waals surface area contributed by atoms with Crippen molar-refractivity contribution in [3.63, 3.8) is 0 Å². The highest BCUT2D eigenvalue weighted by Crippen LogP contribution is 2.25. The molecule has 1 unspecified atom stereocenters. The quantitative estimate of drug-likeness (QED) is 0.833. The van der Waals surface area contributed by atoms with E-state index < -0.39 is 5.97 Å². The second-order valence-corrected chi connectivity index (χ2v) is 7.38. The number of carboxylic acids is 1. The van der Waals surface area contributed by atoms with Crippen LogP contribution in [0.1, 0.15) is 31.9 Å². The summed E-state index contributed by atoms with van der Waals surface area (Å²) in [6.45, 7) is 3.71. The fourth-order valence-corrected chi connectivity index (χ4v) is 4.15. The lowest BCUT2D eigenvalue weighted by Crippen LogP contribution is -2.42. The number of hydrogen-bond donors (Lipinski definition) is 1. The number of rotatable bonds is 6. The first kappa shape index (κ1) is 18.6. The maximum absolute atomic E-state index is 11.8. The van der Waals surface area contributed by atoms with Gasteiger partial charge in [0.2, 0.25) is 5.91 Å². The molecular formula is C18H23N3O4S. The molecule has 7 nitrogen and oxygen atoms in total. The van der Waals surface area contributed by atoms with Crippen molar-refractivity contribution in [2.24, 2.45) is 0 Å². The van der Waals surface area contributed by atoms with Crippen LogP contribution in [0.3, 0.4) is 0 Å². The topological polar surface area (TPSA) is 86.9 Å². The molecule has 3 heterocycles. The van der Waals surface area contributed by atoms with Crippen LogP contribution in [-0.2, 0) is 16.1 Å². The Morgan fingerprint density at radius 2 is 2.27 bits per heavy atom. The molecule has 0 aromatic carbocycles. The van der Waals surface area contributed by atoms with Crippen molar-refractivity contribution in [1.29, 1.82) is 0 Å². The zero-order chi connectivity index (χ0) is 18.5. The Bertz CT molecular complexity index is 743. The van der Waals surface area contributed by atoms with Crippen molar-refractivity contribution in [2.45, 2.75) is 38.8 Å². The van der Waals surface area contributed by atoms with E-state index in [1.165, 1.54) is 11.8 Å². The van der Waals surface area contributed by atoms with Crippen molar-refractivity contribution in [3.8, 4) is 10.8 Å². The lowest BCUT2D eigenvalue weighted by molar-refractivity contribution is -0.145. The molecule has 1 aliphatic heterocycles. The van der Waals surface area contributed by atoms with Gasteiger partial charge in [0.1, 0.15) is 6.54 Å². The second-order valence-electron chi connectivity index (χ2n) is 6.52. The summed E-state index contributed by atoms with van der Waals surface area (Å²) in [5.41, 5.74) is 1.01. The van der Waals surface area contributed by atoms with Crippen LogP contribution in [-0.4, -0.2) is 57.4 Å². The van der Waals surface area contributed by atoms with E-state index in [0.29, 0.717) is 0 Å². The van der Waals surface area contributed by atoms with Crippen molar-refractivity contribution in [3.05, 3.63) is 29.5 Å². The molecule has 1 saturated heterocycles. The van der Waals surface area contributed by atoms with Gasteiger partial charge in [0.05, 0.1) is 12.0 Å². The summed E-state index contributed by atoms with van der Waals surface area (Å²) in [6.07, 6.45) is 4.19. The molecule has 1 aliphatic rings. The van der Waals surface area contributed by atoms with E-state index in [4.69, 9.17) is 9.52 Å². The number of aromatic nitrogens is 1. The van der Waals surface area contributed by atoms with Crippen molar-refractivity contribution >= 4 is 23.2 Å². The molecule has 1 N–H and O–H groups in total. The largest absolute Gasteiger partial charge is 0.480 e. The average Bonchev–Trinajstić information content (AvgIpc) is 3.21. The standard InChI is InChI=1S/C18H23N3O4S/c1-13(22)21(11-17(23)24)15-4-2-7-20(8-6-15)10-14-12-26-18(19-14)16-5-3-9-25-16/h3,5,9,12,15H,2,4,6-8,10-11H2,1H3,(H,23,24). The highest BCUT2D eigenvalue weighted by atomic mass is 32.1. The Kier molecular flexibility index (Phi) is 6.05. The molecule has 0 aliphatic carbocycles. The summed E-state index contributed by atoms with van der Waals surface area (Å²) < 4.78 is 5.39. The zero-order valence-electron chi connectivity index (χ0n) is 14.8. The van der Waals surface area contributed by atoms with Crippen molar-refractivity contribution in [2.75, 3.05) is 19.6 Å². The van der Waals surface area contributed by atoms with Gasteiger partial charge in [-0.1, -0.05) is 0 Å². The minimum absolute atomic E-state index is 0.0114. The van der Waals surface area contributed by atoms with Gasteiger partial charge >= 0.3 is 5.97 Å². The van der Waals surface area contributed by atoms with Gasteiger partial charge < -0.3 is 14.4 Å². The molecule has 26 heavy (non-hydrogen) atoms. The molecule has 0 radical (unpaired) electrons. The summed E-state index contributed by atoms with van der Waals surface area (Å²) in [7, 11) is 0. The normalized spacial score (nSPS) is 18.4. The van der Waals surface area contributed by atoms with Gasteiger partial charge in [0.15, 0.2) is 10.8 Å². The van der Waals surface area contributed by atoms with Crippen LogP contribution in [0, 0.1) is 0 Å². The van der Waals surface area contributed by atoms with Gasteiger partial charge in [-0.25, -0.2) is 4.98 Å². The highest BCUT2D eigenvalue weighted by molar-refractivity contribution is 7.13. The Balaban J connectivity index is 1.58. The van der Waals surface area contributed by atoms with Crippen LogP contribution in [0.25, 0.3) is 10.8 Å². The predicted molar refractivity (Wildman–Crippen MR) is 97.8 cm³/mol. The molecule has 3 rings (SSSR count). The maximum Gasteiger partial charge on any atom is 0.323 e. The van der Waals surface area contributed by atoms with E-state index in [1.807, 2.05) is 17.5 Å². The first-order chi connectivity index (χ1) is 12.5. The molecule has 1 atom stereocenters. The Morgan fingerprint density at radius 3 is 2.96 bits per heavy atom. The highest BCUT2D eigenvalue weighted by Gasteiger charge is 2.26. The van der Waals surface area contributed by atoms with Gasteiger partial charge in [-0.15, -0.1) is 11.3 Å². The molecular weight excluding hydrogens is 354 g/mol. The number of amides is 1. The minimum Gasteiger partial charge on any atom is -0.480 e. The lowest BCUT2D eigenvalue weighted by Gasteiger charge is -2.28. The predicted octanol–water partition coefficient (Wildman–Crippen LogP) is 2.69. The van der Waals surface area contributed by atoms with Crippen molar-refractivity contribution in [1.82, 2.24) is 14.8 Å². The van der Waals surface area contributed by atoms with Gasteiger partial charge in [-0.05, 0) is 37.9 Å². The van der Waals surface area contributed by atoms with E-state index in [0.717, 1.165) is 55.4 Å². The Labute approximate surface area is 156 Å². The first-order valence-electron chi connectivity index (χ1n) is 8.72. The van der Waals surface area contributed by atoms with E-state index in [9.17, 15) is 9.59 Å². The van der Waals surface area contributed by atoms with E-state index in [2.05, 4.69) is 9.88 Å². The molecule has 1 amide bonds. The number of nitrogens with zero attached hydrogens (tertiary/aromatic N) is 3. The maximum atomic E-state index is 11.8. The van der Waals surface area contributed by atoms with E-state index in [1.54, 1.807) is 17.6 Å². The minimum atomic E-state index is -0.964. The van der Waals surface area contributed by atoms with Crippen LogP contribution < -0.4 is 0 Å². The van der Waals surface area contributed by atoms with E-state index in [-0.39, 0.29) is 18.5 Å². The van der Waals surface area contributed by atoms with Crippen LogP contribution in [0.2, 0.25) is 0 Å². The number of furan rings is 1. The van der Waals surface area contributed by atoms with Crippen LogP contribution in [0.5, 0.6) is 0 Å². The molecule has 0 spiro atoms. The molecule has 2 aromatic heterocycles. The molecule has 0 bridgehead atoms. The number of carbonyl (C=O) groups excluding carboxylic acids is 1. The third-order valence-corrected chi connectivity index (χ3v) is 5.52. The number of carboxylic acid groups (broad SMARTS) is 1. The van der Waals surface area contributed by atoms with Gasteiger partial charge in [-0.3, -0.25) is 14.5 Å². The number of hydrogen-bond acceptors (Lipinski definition) is 6. The van der Waals surface area contributed by atoms with Gasteiger partial charge in [0.25, 0.3) is 0 Å².